The molecule has 3 heteroatoms. The highest BCUT2D eigenvalue weighted by molar-refractivity contribution is 5.15. The molecular formula is C12H22N2O. The van der Waals surface area contributed by atoms with Crippen LogP contribution in [0.25, 0.3) is 0 Å². The first-order chi connectivity index (χ1) is 7.09. The number of aryl methyl sites for hydroxylation is 1. The zero-order valence-electron chi connectivity index (χ0n) is 10.4. The number of nitrogens with zero attached hydrogens (tertiary/aromatic N) is 2. The molecule has 1 aromatic rings. The van der Waals surface area contributed by atoms with E-state index in [4.69, 9.17) is 0 Å². The normalized spacial score (nSPS) is 11.9. The van der Waals surface area contributed by atoms with Gasteiger partial charge in [0.15, 0.2) is 0 Å². The lowest BCUT2D eigenvalue weighted by Gasteiger charge is -2.15. The first kappa shape index (κ1) is 14.1. The highest BCUT2D eigenvalue weighted by Gasteiger charge is 2.07. The van der Waals surface area contributed by atoms with Gasteiger partial charge in [-0.2, -0.15) is 0 Å². The maximum Gasteiger partial charge on any atom is 0.0931 e. The number of pyridine rings is 1. The van der Waals surface area contributed by atoms with Crippen molar-refractivity contribution < 1.29 is 5.11 Å². The number of hydrogen-bond acceptors (Lipinski definition) is 3. The minimum Gasteiger partial charge on any atom is -0.387 e. The zero-order chi connectivity index (χ0) is 11.8. The van der Waals surface area contributed by atoms with E-state index in [-0.39, 0.29) is 0 Å². The van der Waals surface area contributed by atoms with Crippen LogP contribution in [0.3, 0.4) is 0 Å². The molecule has 0 aliphatic heterocycles. The molecule has 0 saturated carbocycles. The van der Waals surface area contributed by atoms with Gasteiger partial charge in [0, 0.05) is 24.0 Å². The molecule has 1 aromatic heterocycles. The molecule has 1 N–H and O–H groups in total. The fourth-order valence-electron chi connectivity index (χ4n) is 1.13. The molecule has 0 spiro atoms. The van der Waals surface area contributed by atoms with Crippen molar-refractivity contribution in [1.82, 2.24) is 9.88 Å². The van der Waals surface area contributed by atoms with Gasteiger partial charge in [0.25, 0.3) is 0 Å². The average Bonchev–Trinajstić information content (AvgIpc) is 2.20. The molecule has 1 unspecified atom stereocenters. The third kappa shape index (κ3) is 5.50. The van der Waals surface area contributed by atoms with Crippen LogP contribution >= 0.6 is 0 Å². The minimum absolute atomic E-state index is 0.442. The Hall–Kier alpha value is -0.930. The van der Waals surface area contributed by atoms with Gasteiger partial charge >= 0.3 is 0 Å². The smallest absolute Gasteiger partial charge is 0.0931 e. The standard InChI is InChI=1S/C10H16N2O.C2H6/c1-8-4-5-9(6-11-8)10(13)7-12(2)3;1-2/h4-6,10,13H,7H2,1-3H3;1-2H3. The Morgan fingerprint density at radius 3 is 2.33 bits per heavy atom. The van der Waals surface area contributed by atoms with Crippen LogP contribution < -0.4 is 0 Å². The molecule has 1 heterocycles. The number of aromatic nitrogens is 1. The minimum atomic E-state index is -0.442. The quantitative estimate of drug-likeness (QED) is 0.829. The summed E-state index contributed by atoms with van der Waals surface area (Å²) in [6, 6.07) is 3.82. The molecule has 0 radical (unpaired) electrons. The van der Waals surface area contributed by atoms with E-state index < -0.39 is 6.10 Å². The summed E-state index contributed by atoms with van der Waals surface area (Å²) < 4.78 is 0. The summed E-state index contributed by atoms with van der Waals surface area (Å²) >= 11 is 0. The SMILES string of the molecule is CC.Cc1ccc(C(O)CN(C)C)cn1. The first-order valence-electron chi connectivity index (χ1n) is 5.35. The van der Waals surface area contributed by atoms with Crippen molar-refractivity contribution in [3.05, 3.63) is 29.6 Å². The third-order valence-corrected chi connectivity index (χ3v) is 1.86. The van der Waals surface area contributed by atoms with Gasteiger partial charge in [0.2, 0.25) is 0 Å². The van der Waals surface area contributed by atoms with Crippen molar-refractivity contribution in [3.63, 3.8) is 0 Å². The molecule has 15 heavy (non-hydrogen) atoms. The van der Waals surface area contributed by atoms with Crippen LogP contribution in [0, 0.1) is 6.92 Å². The molecule has 86 valence electrons. The Labute approximate surface area is 92.8 Å². The lowest BCUT2D eigenvalue weighted by Crippen LogP contribution is -2.20. The monoisotopic (exact) mass is 210 g/mol. The predicted molar refractivity (Wildman–Crippen MR) is 63.8 cm³/mol. The van der Waals surface area contributed by atoms with Crippen LogP contribution in [0.5, 0.6) is 0 Å². The summed E-state index contributed by atoms with van der Waals surface area (Å²) in [5, 5.41) is 9.70. The molecule has 0 fully saturated rings. The van der Waals surface area contributed by atoms with Crippen molar-refractivity contribution in [2.45, 2.75) is 26.9 Å². The second-order valence-corrected chi connectivity index (χ2v) is 3.51. The van der Waals surface area contributed by atoms with Gasteiger partial charge in [-0.1, -0.05) is 19.9 Å². The van der Waals surface area contributed by atoms with Gasteiger partial charge in [-0.3, -0.25) is 4.98 Å². The number of aliphatic hydroxyl groups excluding tert-OH is 1. The van der Waals surface area contributed by atoms with Crippen LogP contribution in [0.1, 0.15) is 31.2 Å². The maximum atomic E-state index is 9.70. The summed E-state index contributed by atoms with van der Waals surface area (Å²) in [6.45, 7) is 6.56. The zero-order valence-corrected chi connectivity index (χ0v) is 10.4. The molecule has 1 atom stereocenters. The highest BCUT2D eigenvalue weighted by atomic mass is 16.3. The average molecular weight is 210 g/mol. The number of hydrogen-bond donors (Lipinski definition) is 1. The molecule has 0 amide bonds. The summed E-state index contributed by atoms with van der Waals surface area (Å²) in [5.74, 6) is 0. The van der Waals surface area contributed by atoms with E-state index in [1.807, 2.05) is 51.9 Å². The Kier molecular flexibility index (Phi) is 6.92. The van der Waals surface area contributed by atoms with Crippen molar-refractivity contribution in [3.8, 4) is 0 Å². The predicted octanol–water partition coefficient (Wildman–Crippen LogP) is 2.01. The van der Waals surface area contributed by atoms with Crippen molar-refractivity contribution >= 4 is 0 Å². The Bertz CT molecular complexity index is 257. The van der Waals surface area contributed by atoms with Crippen molar-refractivity contribution in [2.75, 3.05) is 20.6 Å². The molecular weight excluding hydrogens is 188 g/mol. The van der Waals surface area contributed by atoms with E-state index in [9.17, 15) is 5.11 Å². The van der Waals surface area contributed by atoms with E-state index in [0.717, 1.165) is 11.3 Å². The van der Waals surface area contributed by atoms with Crippen LogP contribution in [0.2, 0.25) is 0 Å². The molecule has 1 rings (SSSR count). The van der Waals surface area contributed by atoms with Gasteiger partial charge in [-0.15, -0.1) is 0 Å². The van der Waals surface area contributed by atoms with E-state index in [2.05, 4.69) is 4.98 Å². The fourth-order valence-corrected chi connectivity index (χ4v) is 1.13. The molecule has 0 aliphatic carbocycles. The summed E-state index contributed by atoms with van der Waals surface area (Å²) in [6.07, 6.45) is 1.28. The second-order valence-electron chi connectivity index (χ2n) is 3.51. The Morgan fingerprint density at radius 1 is 1.33 bits per heavy atom. The van der Waals surface area contributed by atoms with Gasteiger partial charge < -0.3 is 10.0 Å². The Balaban J connectivity index is 0.000000921. The largest absolute Gasteiger partial charge is 0.387 e. The van der Waals surface area contributed by atoms with Crippen molar-refractivity contribution in [1.29, 1.82) is 0 Å². The maximum absolute atomic E-state index is 9.70. The van der Waals surface area contributed by atoms with Crippen molar-refractivity contribution in [2.24, 2.45) is 0 Å². The van der Waals surface area contributed by atoms with E-state index >= 15 is 0 Å². The molecule has 0 saturated heterocycles. The van der Waals surface area contributed by atoms with Gasteiger partial charge in [-0.05, 0) is 27.1 Å². The van der Waals surface area contributed by atoms with Gasteiger partial charge in [0.05, 0.1) is 6.10 Å². The lowest BCUT2D eigenvalue weighted by atomic mass is 10.1. The van der Waals surface area contributed by atoms with E-state index in [1.165, 1.54) is 0 Å². The van der Waals surface area contributed by atoms with Gasteiger partial charge in [0.1, 0.15) is 0 Å². The second kappa shape index (κ2) is 7.37. The topological polar surface area (TPSA) is 36.4 Å². The molecule has 0 bridgehead atoms. The van der Waals surface area contributed by atoms with E-state index in [1.54, 1.807) is 6.20 Å². The fraction of sp³-hybridized carbons (Fsp3) is 0.583. The summed E-state index contributed by atoms with van der Waals surface area (Å²) in [7, 11) is 3.87. The number of rotatable bonds is 3. The van der Waals surface area contributed by atoms with E-state index in [0.29, 0.717) is 6.54 Å². The highest BCUT2D eigenvalue weighted by Crippen LogP contribution is 2.11. The molecule has 3 nitrogen and oxygen atoms in total. The molecule has 0 aliphatic rings. The number of likely N-dealkylation sites (N-methyl/N-ethyl adjacent to an activating group) is 1. The van der Waals surface area contributed by atoms with Crippen LogP contribution in [0.15, 0.2) is 18.3 Å². The third-order valence-electron chi connectivity index (χ3n) is 1.86. The Morgan fingerprint density at radius 2 is 1.93 bits per heavy atom. The summed E-state index contributed by atoms with van der Waals surface area (Å²) in [5.41, 5.74) is 1.85. The van der Waals surface area contributed by atoms with Gasteiger partial charge in [-0.25, -0.2) is 0 Å². The van der Waals surface area contributed by atoms with Crippen LogP contribution in [-0.2, 0) is 0 Å². The van der Waals surface area contributed by atoms with Crippen LogP contribution in [0.4, 0.5) is 0 Å². The summed E-state index contributed by atoms with van der Waals surface area (Å²) in [4.78, 5) is 6.08. The molecule has 0 aromatic carbocycles. The lowest BCUT2D eigenvalue weighted by molar-refractivity contribution is 0.138. The number of aliphatic hydroxyl groups is 1. The first-order valence-corrected chi connectivity index (χ1v) is 5.35. The van der Waals surface area contributed by atoms with Crippen LogP contribution in [-0.4, -0.2) is 35.6 Å².